The molecule has 0 bridgehead atoms. The van der Waals surface area contributed by atoms with Gasteiger partial charge in [0.1, 0.15) is 0 Å². The molecule has 0 atom stereocenters. The number of hydrogen-bond donors (Lipinski definition) is 0. The van der Waals surface area contributed by atoms with Crippen LogP contribution in [0.5, 0.6) is 0 Å². The van der Waals surface area contributed by atoms with Crippen LogP contribution in [0.1, 0.15) is 85.0 Å². The van der Waals surface area contributed by atoms with Gasteiger partial charge in [0.05, 0.1) is 5.41 Å². The van der Waals surface area contributed by atoms with Gasteiger partial charge in [-0.05, 0) is 19.8 Å². The number of carbonyl (C=O) groups is 1. The van der Waals surface area contributed by atoms with E-state index in [9.17, 15) is 13.6 Å². The molecule has 2 nitrogen and oxygen atoms in total. The van der Waals surface area contributed by atoms with Gasteiger partial charge in [-0.15, -0.1) is 0 Å². The van der Waals surface area contributed by atoms with Crippen molar-refractivity contribution in [2.75, 3.05) is 6.61 Å². The number of halogens is 2. The Bertz CT molecular complexity index is 256. The zero-order valence-corrected chi connectivity index (χ0v) is 13.9. The van der Waals surface area contributed by atoms with Crippen molar-refractivity contribution in [3.63, 3.8) is 0 Å². The third-order valence-electron chi connectivity index (χ3n) is 4.00. The molecule has 0 rings (SSSR count). The van der Waals surface area contributed by atoms with Gasteiger partial charge in [0.2, 0.25) is 0 Å². The largest absolute Gasteiger partial charge is 0.459 e. The Kier molecular flexibility index (Phi) is 11.6. The molecular weight excluding hydrogens is 274 g/mol. The van der Waals surface area contributed by atoms with Gasteiger partial charge >= 0.3 is 5.97 Å². The lowest BCUT2D eigenvalue weighted by Crippen LogP contribution is -2.31. The van der Waals surface area contributed by atoms with Crippen LogP contribution in [0.3, 0.4) is 0 Å². The van der Waals surface area contributed by atoms with E-state index in [1.165, 1.54) is 0 Å². The van der Waals surface area contributed by atoms with Crippen molar-refractivity contribution >= 4 is 5.97 Å². The molecule has 0 spiro atoms. The van der Waals surface area contributed by atoms with Crippen molar-refractivity contribution in [2.24, 2.45) is 5.41 Å². The molecule has 126 valence electrons. The molecule has 0 amide bonds. The maximum absolute atomic E-state index is 12.2. The second kappa shape index (κ2) is 11.9. The number of hydrogen-bond acceptors (Lipinski definition) is 2. The lowest BCUT2D eigenvalue weighted by atomic mass is 9.79. The Morgan fingerprint density at radius 2 is 1.43 bits per heavy atom. The second-order valence-electron chi connectivity index (χ2n) is 6.17. The fourth-order valence-corrected chi connectivity index (χ4v) is 2.53. The highest BCUT2D eigenvalue weighted by atomic mass is 19.3. The first-order chi connectivity index (χ1) is 9.96. The predicted octanol–water partition coefficient (Wildman–Crippen LogP) is 5.74. The maximum atomic E-state index is 12.2. The summed E-state index contributed by atoms with van der Waals surface area (Å²) in [6.45, 7) is 5.37. The van der Waals surface area contributed by atoms with Gasteiger partial charge in [-0.2, -0.15) is 0 Å². The van der Waals surface area contributed by atoms with Crippen molar-refractivity contribution in [1.82, 2.24) is 0 Å². The molecule has 0 unspecified atom stereocenters. The first kappa shape index (κ1) is 20.3. The third-order valence-corrected chi connectivity index (χ3v) is 4.00. The Hall–Kier alpha value is -0.670. The standard InChI is InChI=1S/C17H32F2O2/c1-4-6-8-10-12-17(3,13-11-9-7-5-2)16(20)21-14-15(18)19/h15H,4-14H2,1-3H3. The van der Waals surface area contributed by atoms with E-state index in [2.05, 4.69) is 13.8 Å². The first-order valence-electron chi connectivity index (χ1n) is 8.41. The summed E-state index contributed by atoms with van der Waals surface area (Å²) in [6, 6.07) is 0. The van der Waals surface area contributed by atoms with Gasteiger partial charge in [0.15, 0.2) is 6.61 Å². The van der Waals surface area contributed by atoms with Crippen molar-refractivity contribution in [2.45, 2.75) is 91.4 Å². The molecule has 0 saturated heterocycles. The third kappa shape index (κ3) is 9.81. The van der Waals surface area contributed by atoms with Crippen molar-refractivity contribution in [1.29, 1.82) is 0 Å². The van der Waals surface area contributed by atoms with Gasteiger partial charge in [0.25, 0.3) is 6.43 Å². The maximum Gasteiger partial charge on any atom is 0.311 e. The minimum atomic E-state index is -2.58. The van der Waals surface area contributed by atoms with E-state index in [-0.39, 0.29) is 0 Å². The molecule has 0 aromatic carbocycles. The van der Waals surface area contributed by atoms with E-state index in [0.717, 1.165) is 64.2 Å². The summed E-state index contributed by atoms with van der Waals surface area (Å²) in [5.74, 6) is -0.448. The molecule has 0 heterocycles. The van der Waals surface area contributed by atoms with Crippen LogP contribution in [-0.2, 0) is 9.53 Å². The summed E-state index contributed by atoms with van der Waals surface area (Å²) < 4.78 is 29.2. The fraction of sp³-hybridized carbons (Fsp3) is 0.941. The number of unbranched alkanes of at least 4 members (excludes halogenated alkanes) is 6. The molecule has 0 radical (unpaired) electrons. The highest BCUT2D eigenvalue weighted by Gasteiger charge is 2.34. The van der Waals surface area contributed by atoms with Crippen LogP contribution in [0.2, 0.25) is 0 Å². The van der Waals surface area contributed by atoms with E-state index in [1.54, 1.807) is 0 Å². The molecule has 4 heteroatoms. The molecule has 0 aromatic rings. The number of esters is 1. The lowest BCUT2D eigenvalue weighted by Gasteiger charge is -2.27. The van der Waals surface area contributed by atoms with E-state index in [0.29, 0.717) is 0 Å². The zero-order chi connectivity index (χ0) is 16.1. The van der Waals surface area contributed by atoms with Crippen molar-refractivity contribution in [3.05, 3.63) is 0 Å². The quantitative estimate of drug-likeness (QED) is 0.320. The van der Waals surface area contributed by atoms with E-state index < -0.39 is 24.4 Å². The van der Waals surface area contributed by atoms with E-state index in [4.69, 9.17) is 4.74 Å². The Morgan fingerprint density at radius 1 is 0.952 bits per heavy atom. The normalized spacial score (nSPS) is 11.9. The minimum Gasteiger partial charge on any atom is -0.459 e. The topological polar surface area (TPSA) is 26.3 Å². The first-order valence-corrected chi connectivity index (χ1v) is 8.41. The van der Waals surface area contributed by atoms with Gasteiger partial charge < -0.3 is 4.74 Å². The average Bonchev–Trinajstić information content (AvgIpc) is 2.45. The van der Waals surface area contributed by atoms with Crippen molar-refractivity contribution < 1.29 is 18.3 Å². The summed E-state index contributed by atoms with van der Waals surface area (Å²) in [4.78, 5) is 12.1. The summed E-state index contributed by atoms with van der Waals surface area (Å²) in [6.07, 6.45) is 7.57. The number of rotatable bonds is 13. The minimum absolute atomic E-state index is 0.448. The summed E-state index contributed by atoms with van der Waals surface area (Å²) in [5, 5.41) is 0. The van der Waals surface area contributed by atoms with Gasteiger partial charge in [-0.3, -0.25) is 4.79 Å². The van der Waals surface area contributed by atoms with Crippen LogP contribution in [0.4, 0.5) is 8.78 Å². The average molecular weight is 306 g/mol. The SMILES string of the molecule is CCCCCCC(C)(CCCCCC)C(=O)OCC(F)F. The Balaban J connectivity index is 4.38. The fourth-order valence-electron chi connectivity index (χ4n) is 2.53. The van der Waals surface area contributed by atoms with Crippen LogP contribution in [0, 0.1) is 5.41 Å². The van der Waals surface area contributed by atoms with Crippen LogP contribution in [0.15, 0.2) is 0 Å². The molecule has 0 aliphatic heterocycles. The summed E-state index contributed by atoms with van der Waals surface area (Å²) in [7, 11) is 0. The van der Waals surface area contributed by atoms with E-state index in [1.807, 2.05) is 6.92 Å². The monoisotopic (exact) mass is 306 g/mol. The Labute approximate surface area is 128 Å². The second-order valence-corrected chi connectivity index (χ2v) is 6.17. The van der Waals surface area contributed by atoms with Gasteiger partial charge in [0, 0.05) is 0 Å². The zero-order valence-electron chi connectivity index (χ0n) is 13.9. The van der Waals surface area contributed by atoms with Crippen LogP contribution >= 0.6 is 0 Å². The highest BCUT2D eigenvalue weighted by Crippen LogP contribution is 2.33. The van der Waals surface area contributed by atoms with Gasteiger partial charge in [-0.25, -0.2) is 8.78 Å². The summed E-state index contributed by atoms with van der Waals surface area (Å²) in [5.41, 5.74) is -0.601. The molecule has 0 aliphatic carbocycles. The molecule has 21 heavy (non-hydrogen) atoms. The molecule has 0 saturated carbocycles. The number of carbonyl (C=O) groups excluding carboxylic acids is 1. The smallest absolute Gasteiger partial charge is 0.311 e. The van der Waals surface area contributed by atoms with Crippen LogP contribution < -0.4 is 0 Å². The summed E-state index contributed by atoms with van der Waals surface area (Å²) >= 11 is 0. The van der Waals surface area contributed by atoms with Gasteiger partial charge in [-0.1, -0.05) is 65.2 Å². The molecule has 0 aliphatic rings. The highest BCUT2D eigenvalue weighted by molar-refractivity contribution is 5.76. The van der Waals surface area contributed by atoms with E-state index >= 15 is 0 Å². The number of ether oxygens (including phenoxy) is 1. The molecular formula is C17H32F2O2. The van der Waals surface area contributed by atoms with Crippen LogP contribution in [-0.4, -0.2) is 19.0 Å². The molecule has 0 N–H and O–H groups in total. The predicted molar refractivity (Wildman–Crippen MR) is 82.6 cm³/mol. The van der Waals surface area contributed by atoms with Crippen molar-refractivity contribution in [3.8, 4) is 0 Å². The lowest BCUT2D eigenvalue weighted by molar-refractivity contribution is -0.160. The number of alkyl halides is 2. The molecule has 0 aromatic heterocycles. The Morgan fingerprint density at radius 3 is 1.81 bits per heavy atom. The molecule has 0 fully saturated rings. The van der Waals surface area contributed by atoms with Crippen LogP contribution in [0.25, 0.3) is 0 Å².